The summed E-state index contributed by atoms with van der Waals surface area (Å²) >= 11 is 3.47. The summed E-state index contributed by atoms with van der Waals surface area (Å²) in [6.07, 6.45) is 21.3. The first kappa shape index (κ1) is 17.2. The molecule has 17 heavy (non-hydrogen) atoms. The highest BCUT2D eigenvalue weighted by Gasteiger charge is 1.89. The predicted molar refractivity (Wildman–Crippen MR) is 84.0 cm³/mol. The second-order valence-corrected chi connectivity index (χ2v) is 5.71. The molecule has 0 aromatic heterocycles. The largest absolute Gasteiger partial charge is 0.0928 e. The fraction of sp³-hybridized carbons (Fsp3) is 0.875. The lowest BCUT2D eigenvalue weighted by Crippen LogP contribution is -1.80. The van der Waals surface area contributed by atoms with E-state index in [1.54, 1.807) is 0 Å². The van der Waals surface area contributed by atoms with E-state index in [1.807, 2.05) is 0 Å². The Labute approximate surface area is 117 Å². The number of hydrogen-bond acceptors (Lipinski definition) is 0. The molecule has 0 saturated heterocycles. The van der Waals surface area contributed by atoms with Crippen LogP contribution < -0.4 is 0 Å². The number of halogens is 1. The molecule has 0 rings (SSSR count). The van der Waals surface area contributed by atoms with Crippen molar-refractivity contribution in [3.8, 4) is 0 Å². The molecule has 0 amide bonds. The second-order valence-electron chi connectivity index (χ2n) is 4.92. The standard InChI is InChI=1S/C16H31Br/c1-2-3-4-5-6-7-8-9-10-11-12-13-14-15-16-17/h7-8H,2-6,9-16H2,1H3/b8-7-. The Hall–Kier alpha value is 0.220. The number of rotatable bonds is 13. The first-order valence-electron chi connectivity index (χ1n) is 7.62. The monoisotopic (exact) mass is 302 g/mol. The summed E-state index contributed by atoms with van der Waals surface area (Å²) in [5, 5.41) is 1.17. The van der Waals surface area contributed by atoms with Gasteiger partial charge in [0.25, 0.3) is 0 Å². The maximum atomic E-state index is 3.47. The molecular formula is C16H31Br. The van der Waals surface area contributed by atoms with Crippen LogP contribution in [0.4, 0.5) is 0 Å². The highest BCUT2D eigenvalue weighted by molar-refractivity contribution is 9.09. The van der Waals surface area contributed by atoms with Crippen LogP contribution in [-0.4, -0.2) is 5.33 Å². The van der Waals surface area contributed by atoms with Gasteiger partial charge in [-0.1, -0.05) is 80.0 Å². The molecule has 0 N–H and O–H groups in total. The molecule has 0 aromatic carbocycles. The summed E-state index contributed by atoms with van der Waals surface area (Å²) in [6.45, 7) is 2.27. The second kappa shape index (κ2) is 16.2. The Balaban J connectivity index is 2.99. The summed E-state index contributed by atoms with van der Waals surface area (Å²) in [7, 11) is 0. The van der Waals surface area contributed by atoms with E-state index in [0.717, 1.165) is 0 Å². The summed E-state index contributed by atoms with van der Waals surface area (Å²) < 4.78 is 0. The van der Waals surface area contributed by atoms with Crippen molar-refractivity contribution in [2.75, 3.05) is 5.33 Å². The maximum Gasteiger partial charge on any atom is 0.00313 e. The molecule has 0 nitrogen and oxygen atoms in total. The van der Waals surface area contributed by atoms with Crippen molar-refractivity contribution in [3.05, 3.63) is 12.2 Å². The Morgan fingerprint density at radius 2 is 1.12 bits per heavy atom. The smallest absolute Gasteiger partial charge is 0.00313 e. The third kappa shape index (κ3) is 16.2. The fourth-order valence-electron chi connectivity index (χ4n) is 1.99. The molecule has 1 heteroatoms. The molecule has 0 aliphatic heterocycles. The van der Waals surface area contributed by atoms with Crippen LogP contribution >= 0.6 is 15.9 Å². The van der Waals surface area contributed by atoms with E-state index in [0.29, 0.717) is 0 Å². The van der Waals surface area contributed by atoms with Gasteiger partial charge in [-0.15, -0.1) is 0 Å². The van der Waals surface area contributed by atoms with Crippen molar-refractivity contribution in [1.82, 2.24) is 0 Å². The Morgan fingerprint density at radius 1 is 0.647 bits per heavy atom. The molecule has 0 aliphatic carbocycles. The molecule has 0 spiro atoms. The van der Waals surface area contributed by atoms with Crippen LogP contribution in [0.25, 0.3) is 0 Å². The highest BCUT2D eigenvalue weighted by Crippen LogP contribution is 2.09. The lowest BCUT2D eigenvalue weighted by atomic mass is 10.1. The van der Waals surface area contributed by atoms with Gasteiger partial charge in [0.05, 0.1) is 0 Å². The zero-order valence-corrected chi connectivity index (χ0v) is 13.3. The zero-order valence-electron chi connectivity index (χ0n) is 11.7. The quantitative estimate of drug-likeness (QED) is 0.203. The molecule has 0 saturated carbocycles. The van der Waals surface area contributed by atoms with Crippen LogP contribution in [0.5, 0.6) is 0 Å². The zero-order chi connectivity index (χ0) is 12.6. The normalized spacial score (nSPS) is 11.4. The average molecular weight is 303 g/mol. The van der Waals surface area contributed by atoms with Crippen LogP contribution in [-0.2, 0) is 0 Å². The topological polar surface area (TPSA) is 0 Å². The van der Waals surface area contributed by atoms with Crippen molar-refractivity contribution < 1.29 is 0 Å². The minimum atomic E-state index is 1.17. The fourth-order valence-corrected chi connectivity index (χ4v) is 2.38. The van der Waals surface area contributed by atoms with Gasteiger partial charge in [-0.25, -0.2) is 0 Å². The first-order chi connectivity index (χ1) is 8.41. The minimum Gasteiger partial charge on any atom is -0.0928 e. The van der Waals surface area contributed by atoms with Gasteiger partial charge in [-0.05, 0) is 32.1 Å². The van der Waals surface area contributed by atoms with Gasteiger partial charge in [-0.3, -0.25) is 0 Å². The van der Waals surface area contributed by atoms with Crippen molar-refractivity contribution in [2.45, 2.75) is 84.0 Å². The first-order valence-corrected chi connectivity index (χ1v) is 8.75. The highest BCUT2D eigenvalue weighted by atomic mass is 79.9. The van der Waals surface area contributed by atoms with E-state index in [2.05, 4.69) is 35.0 Å². The van der Waals surface area contributed by atoms with Gasteiger partial charge in [0, 0.05) is 5.33 Å². The molecule has 102 valence electrons. The van der Waals surface area contributed by atoms with Gasteiger partial charge in [0.1, 0.15) is 0 Å². The van der Waals surface area contributed by atoms with Gasteiger partial charge in [0.2, 0.25) is 0 Å². The third-order valence-electron chi connectivity index (χ3n) is 3.15. The Morgan fingerprint density at radius 3 is 1.65 bits per heavy atom. The van der Waals surface area contributed by atoms with Gasteiger partial charge in [0.15, 0.2) is 0 Å². The summed E-state index contributed by atoms with van der Waals surface area (Å²) in [5.74, 6) is 0. The molecular weight excluding hydrogens is 272 g/mol. The van der Waals surface area contributed by atoms with Crippen molar-refractivity contribution >= 4 is 15.9 Å². The van der Waals surface area contributed by atoms with Gasteiger partial charge >= 0.3 is 0 Å². The van der Waals surface area contributed by atoms with E-state index in [9.17, 15) is 0 Å². The summed E-state index contributed by atoms with van der Waals surface area (Å²) in [6, 6.07) is 0. The Bertz CT molecular complexity index is 152. The van der Waals surface area contributed by atoms with Crippen LogP contribution in [0.1, 0.15) is 84.0 Å². The van der Waals surface area contributed by atoms with Gasteiger partial charge in [-0.2, -0.15) is 0 Å². The molecule has 0 fully saturated rings. The lowest BCUT2D eigenvalue weighted by molar-refractivity contribution is 0.613. The molecule has 0 bridgehead atoms. The van der Waals surface area contributed by atoms with Crippen LogP contribution in [0, 0.1) is 0 Å². The van der Waals surface area contributed by atoms with Crippen molar-refractivity contribution in [2.24, 2.45) is 0 Å². The molecule has 0 aliphatic rings. The van der Waals surface area contributed by atoms with Crippen molar-refractivity contribution in [3.63, 3.8) is 0 Å². The number of allylic oxidation sites excluding steroid dienone is 2. The molecule has 0 aromatic rings. The summed E-state index contributed by atoms with van der Waals surface area (Å²) in [5.41, 5.74) is 0. The van der Waals surface area contributed by atoms with E-state index in [-0.39, 0.29) is 0 Å². The lowest BCUT2D eigenvalue weighted by Gasteiger charge is -1.98. The third-order valence-corrected chi connectivity index (χ3v) is 3.71. The minimum absolute atomic E-state index is 1.17. The van der Waals surface area contributed by atoms with E-state index < -0.39 is 0 Å². The van der Waals surface area contributed by atoms with Crippen LogP contribution in [0.3, 0.4) is 0 Å². The molecule has 0 unspecified atom stereocenters. The number of unbranched alkanes of at least 4 members (excludes halogenated alkanes) is 10. The van der Waals surface area contributed by atoms with Crippen LogP contribution in [0.2, 0.25) is 0 Å². The predicted octanol–water partition coefficient (Wildman–Crippen LogP) is 6.64. The Kier molecular flexibility index (Phi) is 16.4. The SMILES string of the molecule is CCCCCC/C=C\CCCCCCCCBr. The number of hydrogen-bond donors (Lipinski definition) is 0. The molecule has 0 atom stereocenters. The van der Waals surface area contributed by atoms with Crippen LogP contribution in [0.15, 0.2) is 12.2 Å². The number of alkyl halides is 1. The molecule has 0 radical (unpaired) electrons. The maximum absolute atomic E-state index is 3.47. The molecule has 0 heterocycles. The van der Waals surface area contributed by atoms with Gasteiger partial charge < -0.3 is 0 Å². The summed E-state index contributed by atoms with van der Waals surface area (Å²) in [4.78, 5) is 0. The van der Waals surface area contributed by atoms with E-state index in [4.69, 9.17) is 0 Å². The van der Waals surface area contributed by atoms with Crippen molar-refractivity contribution in [1.29, 1.82) is 0 Å². The van der Waals surface area contributed by atoms with E-state index in [1.165, 1.54) is 82.4 Å². The average Bonchev–Trinajstić information content (AvgIpc) is 2.35. The van der Waals surface area contributed by atoms with E-state index >= 15 is 0 Å².